The lowest BCUT2D eigenvalue weighted by molar-refractivity contribution is 0.0606. The molecule has 1 aromatic heterocycles. The van der Waals surface area contributed by atoms with Crippen molar-refractivity contribution in [3.8, 4) is 0 Å². The largest absolute Gasteiger partial charge is 0.337 e. The van der Waals surface area contributed by atoms with Gasteiger partial charge in [0.25, 0.3) is 5.91 Å². The van der Waals surface area contributed by atoms with Crippen LogP contribution in [0.4, 0.5) is 0 Å². The fourth-order valence-electron chi connectivity index (χ4n) is 3.69. The summed E-state index contributed by atoms with van der Waals surface area (Å²) in [6.07, 6.45) is 6.63. The minimum absolute atomic E-state index is 0.0988. The minimum Gasteiger partial charge on any atom is -0.337 e. The summed E-state index contributed by atoms with van der Waals surface area (Å²) in [5.74, 6) is 1.20. The molecule has 3 rings (SSSR count). The van der Waals surface area contributed by atoms with E-state index in [9.17, 15) is 4.79 Å². The van der Waals surface area contributed by atoms with Crippen molar-refractivity contribution in [2.45, 2.75) is 58.4 Å². The molecule has 0 aromatic carbocycles. The van der Waals surface area contributed by atoms with Crippen LogP contribution in [0.1, 0.15) is 67.3 Å². The van der Waals surface area contributed by atoms with Crippen LogP contribution in [-0.2, 0) is 0 Å². The molecule has 23 heavy (non-hydrogen) atoms. The summed E-state index contributed by atoms with van der Waals surface area (Å²) in [6.45, 7) is 10.2. The highest BCUT2D eigenvalue weighted by atomic mass is 16.2. The van der Waals surface area contributed by atoms with Gasteiger partial charge in [0, 0.05) is 31.2 Å². The molecule has 126 valence electrons. The van der Waals surface area contributed by atoms with Crippen molar-refractivity contribution in [3.63, 3.8) is 0 Å². The molecule has 2 aliphatic rings. The van der Waals surface area contributed by atoms with Gasteiger partial charge in [-0.05, 0) is 45.7 Å². The van der Waals surface area contributed by atoms with Crippen LogP contribution >= 0.6 is 0 Å². The van der Waals surface area contributed by atoms with Crippen LogP contribution in [0, 0.1) is 6.92 Å². The molecule has 0 spiro atoms. The maximum absolute atomic E-state index is 12.9. The molecular weight excluding hydrogens is 288 g/mol. The molecule has 0 saturated carbocycles. The number of hydrogen-bond acceptors (Lipinski definition) is 4. The number of likely N-dealkylation sites (tertiary alicyclic amines) is 2. The number of aromatic nitrogens is 2. The molecular formula is C18H28N4O. The van der Waals surface area contributed by atoms with Gasteiger partial charge < -0.3 is 4.90 Å². The summed E-state index contributed by atoms with van der Waals surface area (Å²) in [5.41, 5.74) is 1.47. The Morgan fingerprint density at radius 1 is 1.22 bits per heavy atom. The number of piperidine rings is 1. The number of hydrogen-bond donors (Lipinski definition) is 0. The summed E-state index contributed by atoms with van der Waals surface area (Å²) in [7, 11) is 0. The van der Waals surface area contributed by atoms with E-state index in [-0.39, 0.29) is 11.8 Å². The highest BCUT2D eigenvalue weighted by molar-refractivity contribution is 5.95. The van der Waals surface area contributed by atoms with E-state index < -0.39 is 0 Å². The second kappa shape index (κ2) is 6.95. The molecule has 2 saturated heterocycles. The van der Waals surface area contributed by atoms with Crippen LogP contribution in [-0.4, -0.2) is 57.9 Å². The lowest BCUT2D eigenvalue weighted by Crippen LogP contribution is -2.49. The maximum atomic E-state index is 12.9. The van der Waals surface area contributed by atoms with E-state index in [1.165, 1.54) is 32.4 Å². The van der Waals surface area contributed by atoms with Gasteiger partial charge in [-0.3, -0.25) is 9.69 Å². The third-order valence-corrected chi connectivity index (χ3v) is 5.09. The molecule has 0 N–H and O–H groups in total. The maximum Gasteiger partial charge on any atom is 0.257 e. The molecule has 2 aliphatic heterocycles. The van der Waals surface area contributed by atoms with Crippen LogP contribution in [0.5, 0.6) is 0 Å². The Hall–Kier alpha value is -1.49. The monoisotopic (exact) mass is 316 g/mol. The summed E-state index contributed by atoms with van der Waals surface area (Å²) in [5, 5.41) is 0. The fourth-order valence-corrected chi connectivity index (χ4v) is 3.69. The van der Waals surface area contributed by atoms with Crippen molar-refractivity contribution in [1.82, 2.24) is 19.8 Å². The first-order valence-electron chi connectivity index (χ1n) is 8.93. The Morgan fingerprint density at radius 3 is 2.61 bits per heavy atom. The Morgan fingerprint density at radius 2 is 1.96 bits per heavy atom. The summed E-state index contributed by atoms with van der Waals surface area (Å²) in [4.78, 5) is 26.4. The van der Waals surface area contributed by atoms with E-state index in [2.05, 4.69) is 28.7 Å². The molecule has 0 unspecified atom stereocenters. The number of carbonyl (C=O) groups is 1. The third-order valence-electron chi connectivity index (χ3n) is 5.09. The second-order valence-electron chi connectivity index (χ2n) is 7.17. The molecule has 1 aromatic rings. The summed E-state index contributed by atoms with van der Waals surface area (Å²) < 4.78 is 0. The van der Waals surface area contributed by atoms with Crippen LogP contribution in [0.3, 0.4) is 0 Å². The highest BCUT2D eigenvalue weighted by Crippen LogP contribution is 2.22. The van der Waals surface area contributed by atoms with Crippen molar-refractivity contribution >= 4 is 5.91 Å². The molecule has 3 heterocycles. The molecule has 0 radical (unpaired) electrons. The summed E-state index contributed by atoms with van der Waals surface area (Å²) in [6, 6.07) is 0.534. The van der Waals surface area contributed by atoms with Gasteiger partial charge in [-0.1, -0.05) is 13.8 Å². The highest BCUT2D eigenvalue weighted by Gasteiger charge is 2.30. The van der Waals surface area contributed by atoms with E-state index in [4.69, 9.17) is 0 Å². The molecule has 5 nitrogen and oxygen atoms in total. The molecule has 0 aliphatic carbocycles. The Bertz CT molecular complexity index is 566. The van der Waals surface area contributed by atoms with E-state index in [1.807, 2.05) is 11.8 Å². The van der Waals surface area contributed by atoms with Crippen molar-refractivity contribution < 1.29 is 4.79 Å². The van der Waals surface area contributed by atoms with Gasteiger partial charge >= 0.3 is 0 Å². The molecule has 5 heteroatoms. The van der Waals surface area contributed by atoms with Crippen molar-refractivity contribution in [3.05, 3.63) is 23.3 Å². The number of nitrogens with zero attached hydrogens (tertiary/aromatic N) is 4. The smallest absolute Gasteiger partial charge is 0.257 e. The summed E-state index contributed by atoms with van der Waals surface area (Å²) >= 11 is 0. The first kappa shape index (κ1) is 16.4. The zero-order chi connectivity index (χ0) is 16.4. The van der Waals surface area contributed by atoms with E-state index in [1.54, 1.807) is 6.20 Å². The average Bonchev–Trinajstić information content (AvgIpc) is 3.08. The lowest BCUT2D eigenvalue weighted by Gasteiger charge is -2.37. The molecule has 1 amide bonds. The SMILES string of the molecule is Cc1nc(C(C)C)ncc1C(=O)N1CCC[C@@H](N2CCCC2)C1. The van der Waals surface area contributed by atoms with E-state index in [0.29, 0.717) is 11.6 Å². The minimum atomic E-state index is 0.0988. The quantitative estimate of drug-likeness (QED) is 0.860. The van der Waals surface area contributed by atoms with Crippen molar-refractivity contribution in [2.75, 3.05) is 26.2 Å². The zero-order valence-corrected chi connectivity index (χ0v) is 14.6. The van der Waals surface area contributed by atoms with Crippen molar-refractivity contribution in [2.24, 2.45) is 0 Å². The van der Waals surface area contributed by atoms with Crippen molar-refractivity contribution in [1.29, 1.82) is 0 Å². The average molecular weight is 316 g/mol. The first-order valence-corrected chi connectivity index (χ1v) is 8.93. The van der Waals surface area contributed by atoms with Crippen LogP contribution in [0.25, 0.3) is 0 Å². The van der Waals surface area contributed by atoms with Gasteiger partial charge in [-0.2, -0.15) is 0 Å². The van der Waals surface area contributed by atoms with E-state index >= 15 is 0 Å². The van der Waals surface area contributed by atoms with Gasteiger partial charge in [0.05, 0.1) is 11.3 Å². The normalized spacial score (nSPS) is 22.8. The van der Waals surface area contributed by atoms with E-state index in [0.717, 1.165) is 31.0 Å². The standard InChI is InChI=1S/C18H28N4O/c1-13(2)17-19-11-16(14(3)20-17)18(23)22-10-6-7-15(12-22)21-8-4-5-9-21/h11,13,15H,4-10,12H2,1-3H3/t15-/m1/s1. The topological polar surface area (TPSA) is 49.3 Å². The molecule has 0 bridgehead atoms. The van der Waals surface area contributed by atoms with Gasteiger partial charge in [0.2, 0.25) is 0 Å². The number of amides is 1. The van der Waals surface area contributed by atoms with Crippen LogP contribution in [0.2, 0.25) is 0 Å². The predicted octanol–water partition coefficient (Wildman–Crippen LogP) is 2.61. The number of aryl methyl sites for hydroxylation is 1. The van der Waals surface area contributed by atoms with Gasteiger partial charge in [0.1, 0.15) is 5.82 Å². The lowest BCUT2D eigenvalue weighted by atomic mass is 10.0. The van der Waals surface area contributed by atoms with Crippen LogP contribution in [0.15, 0.2) is 6.20 Å². The fraction of sp³-hybridized carbons (Fsp3) is 0.722. The van der Waals surface area contributed by atoms with Crippen LogP contribution < -0.4 is 0 Å². The Kier molecular flexibility index (Phi) is 4.95. The first-order chi connectivity index (χ1) is 11.1. The molecule has 2 fully saturated rings. The van der Waals surface area contributed by atoms with Gasteiger partial charge in [-0.15, -0.1) is 0 Å². The Balaban J connectivity index is 1.72. The predicted molar refractivity (Wildman–Crippen MR) is 90.6 cm³/mol. The van der Waals surface area contributed by atoms with Gasteiger partial charge in [0.15, 0.2) is 0 Å². The number of rotatable bonds is 3. The number of carbonyl (C=O) groups excluding carboxylic acids is 1. The third kappa shape index (κ3) is 3.55. The second-order valence-corrected chi connectivity index (χ2v) is 7.17. The Labute approximate surface area is 139 Å². The van der Waals surface area contributed by atoms with Gasteiger partial charge in [-0.25, -0.2) is 9.97 Å². The zero-order valence-electron chi connectivity index (χ0n) is 14.6. The molecule has 1 atom stereocenters.